The minimum Gasteiger partial charge on any atom is -0.481 e. The van der Waals surface area contributed by atoms with Crippen LogP contribution in [0.5, 0.6) is 0 Å². The number of aliphatic carboxylic acids is 1. The molecule has 0 saturated heterocycles. The van der Waals surface area contributed by atoms with Gasteiger partial charge in [0.1, 0.15) is 18.3 Å². The molecule has 176 valence electrons. The Balaban J connectivity index is 0. The van der Waals surface area contributed by atoms with Crippen LogP contribution in [0, 0.1) is 0 Å². The summed E-state index contributed by atoms with van der Waals surface area (Å²) in [7, 11) is 1.86. The van der Waals surface area contributed by atoms with E-state index in [0.717, 1.165) is 26.3 Å². The molecular formula is C21H45NO7. The Morgan fingerprint density at radius 2 is 1.17 bits per heavy atom. The van der Waals surface area contributed by atoms with Gasteiger partial charge in [-0.15, -0.1) is 0 Å². The first kappa shape index (κ1) is 30.4. The Hall–Kier alpha value is -0.770. The summed E-state index contributed by atoms with van der Waals surface area (Å²) >= 11 is 0. The number of aliphatic hydroxyl groups is 5. The molecule has 0 amide bonds. The van der Waals surface area contributed by atoms with Crippen LogP contribution in [0.25, 0.3) is 0 Å². The number of carbonyl (C=O) groups is 1. The van der Waals surface area contributed by atoms with Gasteiger partial charge in [0, 0.05) is 13.5 Å². The van der Waals surface area contributed by atoms with Crippen molar-refractivity contribution in [3.8, 4) is 0 Å². The van der Waals surface area contributed by atoms with E-state index in [0.29, 0.717) is 0 Å². The maximum atomic E-state index is 9.92. The van der Waals surface area contributed by atoms with E-state index in [1.807, 2.05) is 11.9 Å². The van der Waals surface area contributed by atoms with Gasteiger partial charge < -0.3 is 35.5 Å². The molecule has 0 rings (SSSR count). The molecule has 0 aliphatic heterocycles. The summed E-state index contributed by atoms with van der Waals surface area (Å²) in [6, 6.07) is 0. The molecule has 0 aliphatic rings. The van der Waals surface area contributed by atoms with Crippen LogP contribution in [0.15, 0.2) is 0 Å². The second kappa shape index (κ2) is 20.5. The minimum atomic E-state index is -1.55. The third-order valence-electron chi connectivity index (χ3n) is 4.72. The van der Waals surface area contributed by atoms with Crippen molar-refractivity contribution in [1.29, 1.82) is 0 Å². The first-order valence-corrected chi connectivity index (χ1v) is 10.9. The number of aliphatic hydroxyl groups excluding tert-OH is 5. The average molecular weight is 424 g/mol. The molecule has 4 atom stereocenters. The molecule has 0 aliphatic carbocycles. The summed E-state index contributed by atoms with van der Waals surface area (Å²) < 4.78 is 0. The largest absolute Gasteiger partial charge is 0.481 e. The summed E-state index contributed by atoms with van der Waals surface area (Å²) in [4.78, 5) is 10.9. The molecule has 0 bridgehead atoms. The first-order chi connectivity index (χ1) is 13.7. The number of unbranched alkanes of at least 4 members (excludes halogenated alkanes) is 9. The number of rotatable bonds is 17. The van der Waals surface area contributed by atoms with Crippen LogP contribution in [0.2, 0.25) is 0 Å². The fourth-order valence-corrected chi connectivity index (χ4v) is 2.95. The lowest BCUT2D eigenvalue weighted by molar-refractivity contribution is -0.134. The number of hydrogen-bond donors (Lipinski definition) is 6. The van der Waals surface area contributed by atoms with Crippen LogP contribution in [0.4, 0.5) is 0 Å². The number of hydrogen-bond acceptors (Lipinski definition) is 7. The fourth-order valence-electron chi connectivity index (χ4n) is 2.95. The molecule has 0 saturated carbocycles. The Morgan fingerprint density at radius 3 is 1.59 bits per heavy atom. The second-order valence-electron chi connectivity index (χ2n) is 7.76. The lowest BCUT2D eigenvalue weighted by Gasteiger charge is -2.28. The molecular weight excluding hydrogens is 378 g/mol. The van der Waals surface area contributed by atoms with Crippen LogP contribution in [0.3, 0.4) is 0 Å². The van der Waals surface area contributed by atoms with E-state index in [-0.39, 0.29) is 6.54 Å². The Labute approximate surface area is 176 Å². The van der Waals surface area contributed by atoms with Gasteiger partial charge >= 0.3 is 0 Å². The molecule has 29 heavy (non-hydrogen) atoms. The van der Waals surface area contributed by atoms with Gasteiger partial charge in [0.15, 0.2) is 0 Å². The highest BCUT2D eigenvalue weighted by Gasteiger charge is 2.30. The van der Waals surface area contributed by atoms with Gasteiger partial charge in [-0.25, -0.2) is 0 Å². The van der Waals surface area contributed by atoms with Crippen LogP contribution in [-0.4, -0.2) is 92.7 Å². The second-order valence-corrected chi connectivity index (χ2v) is 7.76. The first-order valence-electron chi connectivity index (χ1n) is 10.9. The van der Waals surface area contributed by atoms with Gasteiger partial charge in [-0.1, -0.05) is 64.7 Å². The van der Waals surface area contributed by atoms with Gasteiger partial charge in [0.2, 0.25) is 0 Å². The van der Waals surface area contributed by atoms with E-state index >= 15 is 0 Å². The van der Waals surface area contributed by atoms with Crippen LogP contribution >= 0.6 is 0 Å². The summed E-state index contributed by atoms with van der Waals surface area (Å²) in [6.07, 6.45) is 7.08. The van der Waals surface area contributed by atoms with Gasteiger partial charge in [0.05, 0.1) is 12.7 Å². The molecule has 0 unspecified atom stereocenters. The van der Waals surface area contributed by atoms with Crippen molar-refractivity contribution < 1.29 is 35.4 Å². The normalized spacial score (nSPS) is 15.3. The summed E-state index contributed by atoms with van der Waals surface area (Å²) in [5.41, 5.74) is 0. The highest BCUT2D eigenvalue weighted by molar-refractivity contribution is 5.62. The molecule has 0 heterocycles. The quantitative estimate of drug-likeness (QED) is 0.193. The topological polar surface area (TPSA) is 142 Å². The molecule has 0 aromatic rings. The van der Waals surface area contributed by atoms with E-state index in [4.69, 9.17) is 15.0 Å². The van der Waals surface area contributed by atoms with Crippen LogP contribution in [0.1, 0.15) is 78.1 Å². The van der Waals surface area contributed by atoms with E-state index in [1.165, 1.54) is 51.4 Å². The molecule has 0 aromatic carbocycles. The monoisotopic (exact) mass is 423 g/mol. The minimum absolute atomic E-state index is 0.216. The molecule has 0 aromatic heterocycles. The Morgan fingerprint density at radius 1 is 0.793 bits per heavy atom. The summed E-state index contributed by atoms with van der Waals surface area (Å²) in [5, 5.41) is 54.8. The third-order valence-corrected chi connectivity index (χ3v) is 4.72. The maximum Gasteiger partial charge on any atom is 0.300 e. The number of carboxylic acid groups (broad SMARTS) is 1. The summed E-state index contributed by atoms with van der Waals surface area (Å²) in [6.45, 7) is 3.70. The van der Waals surface area contributed by atoms with Crippen molar-refractivity contribution in [2.75, 3.05) is 26.7 Å². The predicted octanol–water partition coefficient (Wildman–Crippen LogP) is 1.37. The Kier molecular flexibility index (Phi) is 21.5. The maximum absolute atomic E-state index is 9.92. The van der Waals surface area contributed by atoms with Crippen molar-refractivity contribution in [3.05, 3.63) is 0 Å². The van der Waals surface area contributed by atoms with Gasteiger partial charge in [-0.05, 0) is 20.0 Å². The van der Waals surface area contributed by atoms with E-state index in [2.05, 4.69) is 6.92 Å². The highest BCUT2D eigenvalue weighted by Crippen LogP contribution is 2.11. The van der Waals surface area contributed by atoms with E-state index in [9.17, 15) is 20.4 Å². The van der Waals surface area contributed by atoms with Crippen molar-refractivity contribution in [2.45, 2.75) is 102 Å². The average Bonchev–Trinajstić information content (AvgIpc) is 2.67. The molecule has 8 nitrogen and oxygen atoms in total. The van der Waals surface area contributed by atoms with Crippen molar-refractivity contribution in [1.82, 2.24) is 4.90 Å². The molecule has 0 radical (unpaired) electrons. The molecule has 8 heteroatoms. The molecule has 0 fully saturated rings. The van der Waals surface area contributed by atoms with E-state index < -0.39 is 37.0 Å². The van der Waals surface area contributed by atoms with Crippen LogP contribution in [-0.2, 0) is 4.79 Å². The van der Waals surface area contributed by atoms with E-state index in [1.54, 1.807) is 0 Å². The predicted molar refractivity (Wildman–Crippen MR) is 114 cm³/mol. The fraction of sp³-hybridized carbons (Fsp3) is 0.952. The summed E-state index contributed by atoms with van der Waals surface area (Å²) in [5.74, 6) is -0.833. The zero-order valence-corrected chi connectivity index (χ0v) is 18.5. The lowest BCUT2D eigenvalue weighted by Crippen LogP contribution is -2.49. The zero-order valence-electron chi connectivity index (χ0n) is 18.5. The number of nitrogens with zero attached hydrogens (tertiary/aromatic N) is 1. The molecule has 6 N–H and O–H groups in total. The van der Waals surface area contributed by atoms with Crippen molar-refractivity contribution in [2.24, 2.45) is 0 Å². The number of likely N-dealkylation sites (N-methyl/N-ethyl adjacent to an activating group) is 1. The van der Waals surface area contributed by atoms with Crippen molar-refractivity contribution in [3.63, 3.8) is 0 Å². The van der Waals surface area contributed by atoms with Gasteiger partial charge in [-0.2, -0.15) is 0 Å². The smallest absolute Gasteiger partial charge is 0.300 e. The number of carboxylic acids is 1. The SMILES string of the molecule is CC(=O)O.CCCCCCCCCCCCN(C)C[C@H](O)[C@@H](O)[C@H](O)[C@H](O)CO. The van der Waals surface area contributed by atoms with Crippen LogP contribution < -0.4 is 0 Å². The lowest BCUT2D eigenvalue weighted by atomic mass is 10.0. The zero-order chi connectivity index (χ0) is 22.7. The Bertz CT molecular complexity index is 367. The van der Waals surface area contributed by atoms with Gasteiger partial charge in [-0.3, -0.25) is 4.79 Å². The van der Waals surface area contributed by atoms with Crippen molar-refractivity contribution >= 4 is 5.97 Å². The standard InChI is InChI=1S/C19H41NO5.C2H4O2/c1-3-4-5-6-7-8-9-10-11-12-13-20(2)14-16(22)18(24)19(25)17(23)15-21;1-2(3)4/h16-19,21-25H,3-15H2,1-2H3;1H3,(H,3,4)/t16-,17+,18+,19+;/m0./s1. The molecule has 0 spiro atoms. The third kappa shape index (κ3) is 20.3. The van der Waals surface area contributed by atoms with Gasteiger partial charge in [0.25, 0.3) is 5.97 Å². The highest BCUT2D eigenvalue weighted by atomic mass is 16.4.